The van der Waals surface area contributed by atoms with Gasteiger partial charge in [0.15, 0.2) is 0 Å². The van der Waals surface area contributed by atoms with Crippen molar-refractivity contribution < 1.29 is 9.53 Å². The SMILES string of the molecule is COc1cccc(CN(C)C(=O)CN2CCC(C)(CN)C2)c1. The fourth-order valence-corrected chi connectivity index (χ4v) is 2.87. The maximum atomic E-state index is 12.4. The molecule has 2 rings (SSSR count). The average molecular weight is 305 g/mol. The molecule has 1 aromatic rings. The Balaban J connectivity index is 1.87. The van der Waals surface area contributed by atoms with E-state index in [1.54, 1.807) is 12.0 Å². The number of carbonyl (C=O) groups is 1. The van der Waals surface area contributed by atoms with Gasteiger partial charge in [-0.15, -0.1) is 0 Å². The van der Waals surface area contributed by atoms with Gasteiger partial charge in [0.25, 0.3) is 0 Å². The number of hydrogen-bond acceptors (Lipinski definition) is 4. The first-order valence-electron chi connectivity index (χ1n) is 7.75. The van der Waals surface area contributed by atoms with E-state index >= 15 is 0 Å². The normalized spacial score (nSPS) is 21.8. The number of rotatable bonds is 6. The summed E-state index contributed by atoms with van der Waals surface area (Å²) in [5.74, 6) is 0.959. The van der Waals surface area contributed by atoms with E-state index in [0.29, 0.717) is 19.6 Å². The van der Waals surface area contributed by atoms with Gasteiger partial charge in [-0.25, -0.2) is 0 Å². The summed E-state index contributed by atoms with van der Waals surface area (Å²) in [5, 5.41) is 0. The topological polar surface area (TPSA) is 58.8 Å². The van der Waals surface area contributed by atoms with Crippen LogP contribution in [-0.2, 0) is 11.3 Å². The Kier molecular flexibility index (Phi) is 5.42. The second-order valence-electron chi connectivity index (χ2n) is 6.58. The number of nitrogens with zero attached hydrogens (tertiary/aromatic N) is 2. The van der Waals surface area contributed by atoms with Gasteiger partial charge in [0.1, 0.15) is 5.75 Å². The lowest BCUT2D eigenvalue weighted by atomic mass is 9.90. The summed E-state index contributed by atoms with van der Waals surface area (Å²) >= 11 is 0. The lowest BCUT2D eigenvalue weighted by Crippen LogP contribution is -2.39. The molecule has 122 valence electrons. The van der Waals surface area contributed by atoms with Gasteiger partial charge in [-0.3, -0.25) is 9.69 Å². The first kappa shape index (κ1) is 16.8. The molecule has 1 aliphatic rings. The quantitative estimate of drug-likeness (QED) is 0.861. The fraction of sp³-hybridized carbons (Fsp3) is 0.588. The Morgan fingerprint density at radius 2 is 2.27 bits per heavy atom. The second kappa shape index (κ2) is 7.11. The summed E-state index contributed by atoms with van der Waals surface area (Å²) in [6.45, 7) is 5.79. The molecule has 1 saturated heterocycles. The van der Waals surface area contributed by atoms with Gasteiger partial charge in [0.05, 0.1) is 13.7 Å². The maximum absolute atomic E-state index is 12.4. The first-order valence-corrected chi connectivity index (χ1v) is 7.75. The highest BCUT2D eigenvalue weighted by Crippen LogP contribution is 2.28. The van der Waals surface area contributed by atoms with Crippen molar-refractivity contribution in [3.05, 3.63) is 29.8 Å². The lowest BCUT2D eigenvalue weighted by Gasteiger charge is -2.24. The molecule has 1 aromatic carbocycles. The molecule has 0 saturated carbocycles. The van der Waals surface area contributed by atoms with Crippen LogP contribution < -0.4 is 10.5 Å². The predicted octanol–water partition coefficient (Wildman–Crippen LogP) is 1.32. The van der Waals surface area contributed by atoms with E-state index in [-0.39, 0.29) is 11.3 Å². The number of benzene rings is 1. The highest BCUT2D eigenvalue weighted by Gasteiger charge is 2.33. The Labute approximate surface area is 133 Å². The number of hydrogen-bond donors (Lipinski definition) is 1. The standard InChI is InChI=1S/C17H27N3O2/c1-17(12-18)7-8-20(13-17)11-16(21)19(2)10-14-5-4-6-15(9-14)22-3/h4-6,9H,7-8,10-13,18H2,1-3H3. The molecule has 1 amide bonds. The van der Waals surface area contributed by atoms with Crippen LogP contribution >= 0.6 is 0 Å². The molecule has 2 N–H and O–H groups in total. The van der Waals surface area contributed by atoms with Crippen molar-refractivity contribution in [1.82, 2.24) is 9.80 Å². The van der Waals surface area contributed by atoms with E-state index < -0.39 is 0 Å². The van der Waals surface area contributed by atoms with Crippen molar-refractivity contribution in [2.75, 3.05) is 40.3 Å². The second-order valence-corrected chi connectivity index (χ2v) is 6.58. The van der Waals surface area contributed by atoms with Crippen LogP contribution in [0.4, 0.5) is 0 Å². The summed E-state index contributed by atoms with van der Waals surface area (Å²) in [7, 11) is 3.50. The molecule has 5 nitrogen and oxygen atoms in total. The number of likely N-dealkylation sites (tertiary alicyclic amines) is 1. The zero-order chi connectivity index (χ0) is 16.2. The summed E-state index contributed by atoms with van der Waals surface area (Å²) < 4.78 is 5.22. The molecule has 5 heteroatoms. The van der Waals surface area contributed by atoms with Crippen LogP contribution in [0.25, 0.3) is 0 Å². The van der Waals surface area contributed by atoms with Crippen molar-refractivity contribution >= 4 is 5.91 Å². The molecular formula is C17H27N3O2. The van der Waals surface area contributed by atoms with E-state index in [9.17, 15) is 4.79 Å². The number of amides is 1. The molecule has 1 fully saturated rings. The third kappa shape index (κ3) is 4.21. The van der Waals surface area contributed by atoms with Crippen LogP contribution in [0.3, 0.4) is 0 Å². The van der Waals surface area contributed by atoms with Gasteiger partial charge in [-0.1, -0.05) is 19.1 Å². The number of carbonyl (C=O) groups excluding carboxylic acids is 1. The van der Waals surface area contributed by atoms with Gasteiger partial charge in [-0.05, 0) is 42.6 Å². The highest BCUT2D eigenvalue weighted by molar-refractivity contribution is 5.78. The minimum atomic E-state index is 0.143. The highest BCUT2D eigenvalue weighted by atomic mass is 16.5. The zero-order valence-corrected chi connectivity index (χ0v) is 13.8. The Bertz CT molecular complexity index is 520. The minimum absolute atomic E-state index is 0.143. The van der Waals surface area contributed by atoms with Gasteiger partial charge < -0.3 is 15.4 Å². The van der Waals surface area contributed by atoms with Crippen LogP contribution in [0.5, 0.6) is 5.75 Å². The van der Waals surface area contributed by atoms with Crippen molar-refractivity contribution in [3.63, 3.8) is 0 Å². The molecule has 1 unspecified atom stereocenters. The van der Waals surface area contributed by atoms with Crippen molar-refractivity contribution in [2.24, 2.45) is 11.1 Å². The predicted molar refractivity (Wildman–Crippen MR) is 87.7 cm³/mol. The molecule has 0 aliphatic carbocycles. The average Bonchev–Trinajstić information content (AvgIpc) is 2.89. The monoisotopic (exact) mass is 305 g/mol. The van der Waals surface area contributed by atoms with E-state index in [2.05, 4.69) is 11.8 Å². The summed E-state index contributed by atoms with van der Waals surface area (Å²) in [4.78, 5) is 16.4. The molecule has 22 heavy (non-hydrogen) atoms. The number of methoxy groups -OCH3 is 1. The molecule has 0 spiro atoms. The smallest absolute Gasteiger partial charge is 0.236 e. The number of ether oxygens (including phenoxy) is 1. The third-order valence-corrected chi connectivity index (χ3v) is 4.47. The zero-order valence-electron chi connectivity index (χ0n) is 13.8. The third-order valence-electron chi connectivity index (χ3n) is 4.47. The van der Waals surface area contributed by atoms with Crippen molar-refractivity contribution in [2.45, 2.75) is 19.9 Å². The molecule has 1 heterocycles. The van der Waals surface area contributed by atoms with Crippen molar-refractivity contribution in [3.8, 4) is 5.75 Å². The summed E-state index contributed by atoms with van der Waals surface area (Å²) in [6, 6.07) is 7.82. The number of nitrogens with two attached hydrogens (primary N) is 1. The van der Waals surface area contributed by atoms with E-state index in [1.807, 2.05) is 31.3 Å². The largest absolute Gasteiger partial charge is 0.497 e. The number of likely N-dealkylation sites (N-methyl/N-ethyl adjacent to an activating group) is 1. The molecule has 0 aromatic heterocycles. The van der Waals surface area contributed by atoms with E-state index in [0.717, 1.165) is 30.8 Å². The Morgan fingerprint density at radius 1 is 1.50 bits per heavy atom. The summed E-state index contributed by atoms with van der Waals surface area (Å²) in [6.07, 6.45) is 1.07. The molecule has 0 bridgehead atoms. The van der Waals surface area contributed by atoms with Gasteiger partial charge >= 0.3 is 0 Å². The Morgan fingerprint density at radius 3 is 2.91 bits per heavy atom. The van der Waals surface area contributed by atoms with E-state index in [4.69, 9.17) is 10.5 Å². The first-order chi connectivity index (χ1) is 10.5. The molecular weight excluding hydrogens is 278 g/mol. The van der Waals surface area contributed by atoms with Gasteiger partial charge in [-0.2, -0.15) is 0 Å². The summed E-state index contributed by atoms with van der Waals surface area (Å²) in [5.41, 5.74) is 7.05. The minimum Gasteiger partial charge on any atom is -0.497 e. The molecule has 1 atom stereocenters. The molecule has 0 radical (unpaired) electrons. The van der Waals surface area contributed by atoms with Crippen LogP contribution in [0.2, 0.25) is 0 Å². The van der Waals surface area contributed by atoms with Crippen LogP contribution in [-0.4, -0.2) is 56.0 Å². The van der Waals surface area contributed by atoms with Crippen molar-refractivity contribution in [1.29, 1.82) is 0 Å². The van der Waals surface area contributed by atoms with E-state index in [1.165, 1.54) is 0 Å². The maximum Gasteiger partial charge on any atom is 0.236 e. The van der Waals surface area contributed by atoms with Crippen LogP contribution in [0.15, 0.2) is 24.3 Å². The van der Waals surface area contributed by atoms with Crippen LogP contribution in [0, 0.1) is 5.41 Å². The Hall–Kier alpha value is -1.59. The van der Waals surface area contributed by atoms with Gasteiger partial charge in [0, 0.05) is 20.1 Å². The van der Waals surface area contributed by atoms with Crippen LogP contribution in [0.1, 0.15) is 18.9 Å². The fourth-order valence-electron chi connectivity index (χ4n) is 2.87. The lowest BCUT2D eigenvalue weighted by molar-refractivity contribution is -0.131. The van der Waals surface area contributed by atoms with Gasteiger partial charge in [0.2, 0.25) is 5.91 Å². The molecule has 1 aliphatic heterocycles.